The molecule has 25 heavy (non-hydrogen) atoms. The van der Waals surface area contributed by atoms with E-state index in [-0.39, 0.29) is 10.7 Å². The number of hydrogen-bond donors (Lipinski definition) is 0. The number of sulfonamides is 1. The van der Waals surface area contributed by atoms with E-state index in [1.807, 2.05) is 0 Å². The summed E-state index contributed by atoms with van der Waals surface area (Å²) in [4.78, 5) is 2.32. The lowest BCUT2D eigenvalue weighted by Crippen LogP contribution is -2.48. The summed E-state index contributed by atoms with van der Waals surface area (Å²) in [5, 5.41) is 3.74. The lowest BCUT2D eigenvalue weighted by atomic mass is 10.2. The first-order valence-electron chi connectivity index (χ1n) is 7.88. The first-order chi connectivity index (χ1) is 11.8. The highest BCUT2D eigenvalue weighted by molar-refractivity contribution is 9.10. The SMILES string of the molecule is Cc1noc(C)c1S(=O)(=O)N1CCN(Cc2ccc(F)cc2Br)CC1. The largest absolute Gasteiger partial charge is 0.360 e. The molecule has 3 rings (SSSR count). The van der Waals surface area contributed by atoms with E-state index >= 15 is 0 Å². The Morgan fingerprint density at radius 1 is 1.24 bits per heavy atom. The summed E-state index contributed by atoms with van der Waals surface area (Å²) < 4.78 is 46.0. The second-order valence-electron chi connectivity index (χ2n) is 6.07. The Morgan fingerprint density at radius 2 is 1.92 bits per heavy atom. The molecule has 9 heteroatoms. The molecule has 0 aliphatic carbocycles. The smallest absolute Gasteiger partial charge is 0.248 e. The Labute approximate surface area is 154 Å². The Morgan fingerprint density at radius 3 is 2.48 bits per heavy atom. The van der Waals surface area contributed by atoms with E-state index in [0.717, 1.165) is 10.0 Å². The van der Waals surface area contributed by atoms with Crippen LogP contribution in [0, 0.1) is 19.7 Å². The van der Waals surface area contributed by atoms with Crippen LogP contribution in [-0.4, -0.2) is 49.0 Å². The van der Waals surface area contributed by atoms with E-state index in [0.29, 0.717) is 44.2 Å². The van der Waals surface area contributed by atoms with E-state index in [2.05, 4.69) is 26.0 Å². The van der Waals surface area contributed by atoms with Crippen molar-refractivity contribution >= 4 is 26.0 Å². The second kappa shape index (κ2) is 7.14. The minimum absolute atomic E-state index is 0.169. The van der Waals surface area contributed by atoms with Crippen LogP contribution in [0.25, 0.3) is 0 Å². The summed E-state index contributed by atoms with van der Waals surface area (Å²) in [6.45, 7) is 5.87. The number of piperazine rings is 1. The molecule has 136 valence electrons. The molecule has 1 fully saturated rings. The Kier molecular flexibility index (Phi) is 5.29. The van der Waals surface area contributed by atoms with E-state index in [9.17, 15) is 12.8 Å². The molecule has 1 aliphatic rings. The molecular weight excluding hydrogens is 413 g/mol. The predicted octanol–water partition coefficient (Wildman–Crippen LogP) is 2.70. The van der Waals surface area contributed by atoms with Crippen molar-refractivity contribution in [1.82, 2.24) is 14.4 Å². The van der Waals surface area contributed by atoms with Gasteiger partial charge in [0.05, 0.1) is 0 Å². The van der Waals surface area contributed by atoms with E-state index < -0.39 is 10.0 Å². The van der Waals surface area contributed by atoms with Crippen LogP contribution in [-0.2, 0) is 16.6 Å². The number of benzene rings is 1. The highest BCUT2D eigenvalue weighted by atomic mass is 79.9. The van der Waals surface area contributed by atoms with Crippen LogP contribution in [0.1, 0.15) is 17.0 Å². The lowest BCUT2D eigenvalue weighted by Gasteiger charge is -2.34. The topological polar surface area (TPSA) is 66.7 Å². The van der Waals surface area contributed by atoms with Gasteiger partial charge in [-0.05, 0) is 31.5 Å². The highest BCUT2D eigenvalue weighted by Gasteiger charge is 2.33. The maximum absolute atomic E-state index is 13.2. The second-order valence-corrected chi connectivity index (χ2v) is 8.80. The third kappa shape index (κ3) is 3.79. The van der Waals surface area contributed by atoms with Crippen LogP contribution in [0.3, 0.4) is 0 Å². The van der Waals surface area contributed by atoms with Gasteiger partial charge in [-0.2, -0.15) is 4.31 Å². The zero-order chi connectivity index (χ0) is 18.2. The summed E-state index contributed by atoms with van der Waals surface area (Å²) >= 11 is 3.37. The normalized spacial score (nSPS) is 17.1. The summed E-state index contributed by atoms with van der Waals surface area (Å²) in [5.41, 5.74) is 1.36. The minimum Gasteiger partial charge on any atom is -0.360 e. The number of aryl methyl sites for hydroxylation is 2. The van der Waals surface area contributed by atoms with Crippen LogP contribution >= 0.6 is 15.9 Å². The van der Waals surface area contributed by atoms with Crippen molar-refractivity contribution in [3.63, 3.8) is 0 Å². The van der Waals surface area contributed by atoms with Gasteiger partial charge in [-0.3, -0.25) is 4.90 Å². The molecule has 0 bridgehead atoms. The average molecular weight is 432 g/mol. The van der Waals surface area contributed by atoms with Gasteiger partial charge in [-0.15, -0.1) is 0 Å². The molecule has 0 radical (unpaired) electrons. The number of rotatable bonds is 4. The van der Waals surface area contributed by atoms with E-state index in [1.165, 1.54) is 16.4 Å². The summed E-state index contributed by atoms with van der Waals surface area (Å²) in [6, 6.07) is 4.61. The maximum atomic E-state index is 13.2. The van der Waals surface area contributed by atoms with Crippen LogP contribution in [0.2, 0.25) is 0 Å². The molecule has 2 aromatic rings. The van der Waals surface area contributed by atoms with Gasteiger partial charge in [0.2, 0.25) is 10.0 Å². The Balaban J connectivity index is 1.67. The average Bonchev–Trinajstić information content (AvgIpc) is 2.90. The van der Waals surface area contributed by atoms with Crippen LogP contribution in [0.5, 0.6) is 0 Å². The zero-order valence-corrected chi connectivity index (χ0v) is 16.4. The number of halogens is 2. The molecule has 0 unspecified atom stereocenters. The number of nitrogens with zero attached hydrogens (tertiary/aromatic N) is 3. The summed E-state index contributed by atoms with van der Waals surface area (Å²) in [5.74, 6) is 0.0289. The summed E-state index contributed by atoms with van der Waals surface area (Å²) in [7, 11) is -3.60. The monoisotopic (exact) mass is 431 g/mol. The highest BCUT2D eigenvalue weighted by Crippen LogP contribution is 2.25. The van der Waals surface area contributed by atoms with Crippen LogP contribution < -0.4 is 0 Å². The molecule has 6 nitrogen and oxygen atoms in total. The molecule has 1 aromatic heterocycles. The van der Waals surface area contributed by atoms with Gasteiger partial charge >= 0.3 is 0 Å². The molecule has 0 N–H and O–H groups in total. The zero-order valence-electron chi connectivity index (χ0n) is 14.0. The lowest BCUT2D eigenvalue weighted by molar-refractivity contribution is 0.181. The number of aromatic nitrogens is 1. The van der Waals surface area contributed by atoms with Crippen LogP contribution in [0.15, 0.2) is 32.1 Å². The van der Waals surface area contributed by atoms with E-state index in [1.54, 1.807) is 19.9 Å². The van der Waals surface area contributed by atoms with Gasteiger partial charge in [0.1, 0.15) is 16.4 Å². The Bertz CT molecular complexity index is 857. The standard InChI is InChI=1S/C16H19BrFN3O3S/c1-11-16(12(2)24-19-11)25(22,23)21-7-5-20(6-8-21)10-13-3-4-14(18)9-15(13)17/h3-4,9H,5-8,10H2,1-2H3. The third-order valence-electron chi connectivity index (χ3n) is 4.31. The van der Waals surface area contributed by atoms with Gasteiger partial charge in [-0.1, -0.05) is 27.2 Å². The van der Waals surface area contributed by atoms with Crippen molar-refractivity contribution < 1.29 is 17.3 Å². The fourth-order valence-corrected chi connectivity index (χ4v) is 5.18. The first kappa shape index (κ1) is 18.5. The van der Waals surface area contributed by atoms with Crippen molar-refractivity contribution in [3.05, 3.63) is 45.5 Å². The van der Waals surface area contributed by atoms with E-state index in [4.69, 9.17) is 4.52 Å². The van der Waals surface area contributed by atoms with Crippen LogP contribution in [0.4, 0.5) is 4.39 Å². The maximum Gasteiger partial charge on any atom is 0.248 e. The molecular formula is C16H19BrFN3O3S. The molecule has 0 atom stereocenters. The van der Waals surface area contributed by atoms with Gasteiger partial charge in [0.15, 0.2) is 5.76 Å². The van der Waals surface area contributed by atoms with Crippen molar-refractivity contribution in [1.29, 1.82) is 0 Å². The van der Waals surface area contributed by atoms with Gasteiger partial charge in [-0.25, -0.2) is 12.8 Å². The predicted molar refractivity (Wildman–Crippen MR) is 94.1 cm³/mol. The van der Waals surface area contributed by atoms with Gasteiger partial charge in [0, 0.05) is 37.2 Å². The molecule has 0 amide bonds. The molecule has 0 spiro atoms. The minimum atomic E-state index is -3.60. The van der Waals surface area contributed by atoms with Crippen molar-refractivity contribution in [2.45, 2.75) is 25.3 Å². The molecule has 1 aliphatic heterocycles. The van der Waals surface area contributed by atoms with Gasteiger partial charge < -0.3 is 4.52 Å². The fraction of sp³-hybridized carbons (Fsp3) is 0.438. The summed E-state index contributed by atoms with van der Waals surface area (Å²) in [6.07, 6.45) is 0. The van der Waals surface area contributed by atoms with Crippen molar-refractivity contribution in [2.75, 3.05) is 26.2 Å². The van der Waals surface area contributed by atoms with Crippen molar-refractivity contribution in [2.24, 2.45) is 0 Å². The molecule has 2 heterocycles. The quantitative estimate of drug-likeness (QED) is 0.744. The van der Waals surface area contributed by atoms with Gasteiger partial charge in [0.25, 0.3) is 0 Å². The molecule has 1 aromatic carbocycles. The Hall–Kier alpha value is -1.29. The molecule has 0 saturated carbocycles. The molecule has 1 saturated heterocycles. The fourth-order valence-electron chi connectivity index (χ4n) is 2.99. The van der Waals surface area contributed by atoms with Crippen molar-refractivity contribution in [3.8, 4) is 0 Å². The first-order valence-corrected chi connectivity index (χ1v) is 10.1. The number of hydrogen-bond acceptors (Lipinski definition) is 5. The third-order valence-corrected chi connectivity index (χ3v) is 7.19.